The number of phenols is 1. The molecular weight excluding hydrogens is 316 g/mol. The molecule has 0 aliphatic rings. The number of pyridine rings is 1. The van der Waals surface area contributed by atoms with E-state index in [2.05, 4.69) is 4.98 Å². The molecule has 0 saturated carbocycles. The predicted octanol–water partition coefficient (Wildman–Crippen LogP) is 2.66. The Morgan fingerprint density at radius 1 is 1.09 bits per heavy atom. The largest absolute Gasteiger partial charge is 0.508 e. The van der Waals surface area contributed by atoms with Gasteiger partial charge in [-0.1, -0.05) is 30.3 Å². The summed E-state index contributed by atoms with van der Waals surface area (Å²) < 4.78 is 5.77. The third-order valence-electron chi connectivity index (χ3n) is 3.38. The fourth-order valence-corrected chi connectivity index (χ4v) is 2.43. The van der Waals surface area contributed by atoms with E-state index in [0.717, 1.165) is 5.39 Å². The molecule has 0 amide bonds. The van der Waals surface area contributed by atoms with Gasteiger partial charge < -0.3 is 20.6 Å². The van der Waals surface area contributed by atoms with Crippen molar-refractivity contribution in [2.24, 2.45) is 5.73 Å². The van der Waals surface area contributed by atoms with Gasteiger partial charge in [0.05, 0.1) is 11.1 Å². The molecule has 1 heterocycles. The standard InChI is InChI=1S/C17H16N2O3.ClH/c18-8-9-22-16-13-6-1-2-7-14(13)17(21)19-15(16)11-4-3-5-12(20)10-11;/h1-7,10,20H,8-9,18H2,(H,19,21);1H. The molecule has 0 bridgehead atoms. The number of hydrogen-bond donors (Lipinski definition) is 3. The summed E-state index contributed by atoms with van der Waals surface area (Å²) in [5.41, 5.74) is 6.54. The van der Waals surface area contributed by atoms with E-state index in [1.807, 2.05) is 12.1 Å². The van der Waals surface area contributed by atoms with Crippen LogP contribution in [-0.2, 0) is 0 Å². The number of aromatic hydroxyl groups is 1. The van der Waals surface area contributed by atoms with E-state index in [1.54, 1.807) is 36.4 Å². The van der Waals surface area contributed by atoms with Crippen LogP contribution in [0.5, 0.6) is 11.5 Å². The van der Waals surface area contributed by atoms with Gasteiger partial charge in [-0.05, 0) is 18.2 Å². The minimum absolute atomic E-state index is 0. The molecule has 4 N–H and O–H groups in total. The van der Waals surface area contributed by atoms with Crippen molar-refractivity contribution in [1.82, 2.24) is 4.98 Å². The van der Waals surface area contributed by atoms with Crippen LogP contribution in [0.25, 0.3) is 22.0 Å². The van der Waals surface area contributed by atoms with Crippen LogP contribution in [0.2, 0.25) is 0 Å². The maximum atomic E-state index is 12.3. The lowest BCUT2D eigenvalue weighted by Gasteiger charge is -2.14. The van der Waals surface area contributed by atoms with Crippen LogP contribution >= 0.6 is 12.4 Å². The van der Waals surface area contributed by atoms with Crippen molar-refractivity contribution in [3.8, 4) is 22.8 Å². The highest BCUT2D eigenvalue weighted by Crippen LogP contribution is 2.34. The van der Waals surface area contributed by atoms with Crippen LogP contribution in [0.15, 0.2) is 53.3 Å². The number of fused-ring (bicyclic) bond motifs is 1. The van der Waals surface area contributed by atoms with Crippen molar-refractivity contribution in [2.45, 2.75) is 0 Å². The molecule has 0 atom stereocenters. The Bertz CT molecular complexity index is 877. The molecule has 1 aromatic heterocycles. The molecule has 120 valence electrons. The average molecular weight is 333 g/mol. The second kappa shape index (κ2) is 7.17. The molecule has 23 heavy (non-hydrogen) atoms. The van der Waals surface area contributed by atoms with Crippen LogP contribution in [0.3, 0.4) is 0 Å². The number of ether oxygens (including phenoxy) is 1. The average Bonchev–Trinajstić information content (AvgIpc) is 2.54. The first-order chi connectivity index (χ1) is 10.7. The summed E-state index contributed by atoms with van der Waals surface area (Å²) in [7, 11) is 0. The molecule has 0 fully saturated rings. The number of phenolic OH excluding ortho intramolecular Hbond substituents is 1. The summed E-state index contributed by atoms with van der Waals surface area (Å²) in [6.07, 6.45) is 0. The summed E-state index contributed by atoms with van der Waals surface area (Å²) in [5.74, 6) is 0.683. The second-order valence-corrected chi connectivity index (χ2v) is 4.89. The smallest absolute Gasteiger partial charge is 0.256 e. The van der Waals surface area contributed by atoms with E-state index in [4.69, 9.17) is 10.5 Å². The maximum absolute atomic E-state index is 12.3. The van der Waals surface area contributed by atoms with Gasteiger partial charge in [-0.15, -0.1) is 12.4 Å². The minimum atomic E-state index is -0.200. The zero-order valence-corrected chi connectivity index (χ0v) is 13.1. The van der Waals surface area contributed by atoms with Crippen LogP contribution < -0.4 is 16.0 Å². The Morgan fingerprint density at radius 2 is 1.83 bits per heavy atom. The van der Waals surface area contributed by atoms with E-state index in [-0.39, 0.29) is 23.7 Å². The van der Waals surface area contributed by atoms with Gasteiger partial charge in [0, 0.05) is 17.5 Å². The molecule has 6 heteroatoms. The lowest BCUT2D eigenvalue weighted by atomic mass is 10.1. The first kappa shape index (κ1) is 16.9. The number of hydrogen-bond acceptors (Lipinski definition) is 4. The molecule has 2 aromatic carbocycles. The topological polar surface area (TPSA) is 88.3 Å². The number of nitrogens with one attached hydrogen (secondary N) is 1. The monoisotopic (exact) mass is 332 g/mol. The lowest BCUT2D eigenvalue weighted by Crippen LogP contribution is -2.14. The first-order valence-corrected chi connectivity index (χ1v) is 6.98. The Labute approximate surface area is 139 Å². The Kier molecular flexibility index (Phi) is 5.26. The molecule has 0 spiro atoms. The normalized spacial score (nSPS) is 10.3. The molecule has 0 radical (unpaired) electrons. The van der Waals surface area contributed by atoms with Gasteiger partial charge in [0.1, 0.15) is 12.4 Å². The second-order valence-electron chi connectivity index (χ2n) is 4.89. The lowest BCUT2D eigenvalue weighted by molar-refractivity contribution is 0.332. The van der Waals surface area contributed by atoms with E-state index >= 15 is 0 Å². The van der Waals surface area contributed by atoms with Gasteiger partial charge >= 0.3 is 0 Å². The van der Waals surface area contributed by atoms with Crippen molar-refractivity contribution < 1.29 is 9.84 Å². The molecular formula is C17H17ClN2O3. The fourth-order valence-electron chi connectivity index (χ4n) is 2.43. The molecule has 0 aliphatic carbocycles. The van der Waals surface area contributed by atoms with E-state index in [1.165, 1.54) is 0 Å². The molecule has 0 unspecified atom stereocenters. The van der Waals surface area contributed by atoms with Crippen molar-refractivity contribution in [2.75, 3.05) is 13.2 Å². The third kappa shape index (κ3) is 3.31. The molecule has 3 aromatic rings. The van der Waals surface area contributed by atoms with Gasteiger partial charge in [0.15, 0.2) is 5.75 Å². The van der Waals surface area contributed by atoms with E-state index in [0.29, 0.717) is 35.5 Å². The van der Waals surface area contributed by atoms with Crippen molar-refractivity contribution >= 4 is 23.2 Å². The van der Waals surface area contributed by atoms with Crippen LogP contribution in [0, 0.1) is 0 Å². The molecule has 3 rings (SSSR count). The summed E-state index contributed by atoms with van der Waals surface area (Å²) in [6.45, 7) is 0.703. The Hall–Kier alpha value is -2.50. The number of halogens is 1. The zero-order chi connectivity index (χ0) is 15.5. The quantitative estimate of drug-likeness (QED) is 0.685. The summed E-state index contributed by atoms with van der Waals surface area (Å²) in [5, 5.41) is 10.9. The van der Waals surface area contributed by atoms with Gasteiger partial charge in [-0.3, -0.25) is 4.79 Å². The van der Waals surface area contributed by atoms with Crippen molar-refractivity contribution in [3.63, 3.8) is 0 Å². The third-order valence-corrected chi connectivity index (χ3v) is 3.38. The highest BCUT2D eigenvalue weighted by molar-refractivity contribution is 5.93. The molecule has 5 nitrogen and oxygen atoms in total. The highest BCUT2D eigenvalue weighted by atomic mass is 35.5. The summed E-state index contributed by atoms with van der Waals surface area (Å²) >= 11 is 0. The number of nitrogens with two attached hydrogens (primary N) is 1. The number of rotatable bonds is 4. The predicted molar refractivity (Wildman–Crippen MR) is 93.5 cm³/mol. The first-order valence-electron chi connectivity index (χ1n) is 6.98. The van der Waals surface area contributed by atoms with Gasteiger partial charge in [0.2, 0.25) is 0 Å². The number of aromatic nitrogens is 1. The number of H-pyrrole nitrogens is 1. The highest BCUT2D eigenvalue weighted by Gasteiger charge is 2.14. The fraction of sp³-hybridized carbons (Fsp3) is 0.118. The van der Waals surface area contributed by atoms with Crippen molar-refractivity contribution in [3.05, 3.63) is 58.9 Å². The Balaban J connectivity index is 0.00000192. The minimum Gasteiger partial charge on any atom is -0.508 e. The van der Waals surface area contributed by atoms with Crippen molar-refractivity contribution in [1.29, 1.82) is 0 Å². The Morgan fingerprint density at radius 3 is 2.52 bits per heavy atom. The van der Waals surface area contributed by atoms with Crippen LogP contribution in [-0.4, -0.2) is 23.2 Å². The van der Waals surface area contributed by atoms with Gasteiger partial charge in [-0.2, -0.15) is 0 Å². The number of benzene rings is 2. The molecule has 0 aliphatic heterocycles. The number of aromatic amines is 1. The van der Waals surface area contributed by atoms with E-state index < -0.39 is 0 Å². The van der Waals surface area contributed by atoms with Gasteiger partial charge in [0.25, 0.3) is 5.56 Å². The van der Waals surface area contributed by atoms with Crippen LogP contribution in [0.4, 0.5) is 0 Å². The summed E-state index contributed by atoms with van der Waals surface area (Å²) in [4.78, 5) is 15.1. The van der Waals surface area contributed by atoms with E-state index in [9.17, 15) is 9.90 Å². The SMILES string of the molecule is Cl.NCCOc1c(-c2cccc(O)c2)[nH]c(=O)c2ccccc12. The van der Waals surface area contributed by atoms with Crippen LogP contribution in [0.1, 0.15) is 0 Å². The maximum Gasteiger partial charge on any atom is 0.256 e. The summed E-state index contributed by atoms with van der Waals surface area (Å²) in [6, 6.07) is 13.9. The van der Waals surface area contributed by atoms with Gasteiger partial charge in [-0.25, -0.2) is 0 Å². The molecule has 0 saturated heterocycles. The zero-order valence-electron chi connectivity index (χ0n) is 12.3.